The van der Waals surface area contributed by atoms with Crippen LogP contribution in [0.25, 0.3) is 0 Å². The van der Waals surface area contributed by atoms with E-state index in [1.807, 2.05) is 31.2 Å². The number of esters is 1. The van der Waals surface area contributed by atoms with E-state index < -0.39 is 12.1 Å². The lowest BCUT2D eigenvalue weighted by atomic mass is 10.1. The third-order valence-electron chi connectivity index (χ3n) is 4.36. The van der Waals surface area contributed by atoms with Crippen molar-refractivity contribution >= 4 is 23.9 Å². The molecular weight excluding hydrogens is 318 g/mol. The van der Waals surface area contributed by atoms with Gasteiger partial charge in [0.2, 0.25) is 0 Å². The number of carbonyl (C=O) groups is 3. The highest BCUT2D eigenvalue weighted by Crippen LogP contribution is 2.32. The van der Waals surface area contributed by atoms with Crippen molar-refractivity contribution in [1.82, 2.24) is 0 Å². The van der Waals surface area contributed by atoms with Gasteiger partial charge >= 0.3 is 5.97 Å². The van der Waals surface area contributed by atoms with Crippen LogP contribution in [-0.4, -0.2) is 30.3 Å². The van der Waals surface area contributed by atoms with Crippen LogP contribution in [0.1, 0.15) is 40.1 Å². The first-order chi connectivity index (χ1) is 12.0. The molecule has 0 spiro atoms. The molecule has 2 aromatic rings. The molecule has 5 nitrogen and oxygen atoms in total. The number of ether oxygens (including phenoxy) is 1. The molecule has 0 fully saturated rings. The van der Waals surface area contributed by atoms with E-state index in [0.717, 1.165) is 17.7 Å². The van der Waals surface area contributed by atoms with Crippen LogP contribution in [0.15, 0.2) is 48.5 Å². The van der Waals surface area contributed by atoms with Crippen molar-refractivity contribution < 1.29 is 19.1 Å². The van der Waals surface area contributed by atoms with E-state index in [9.17, 15) is 14.4 Å². The number of amides is 1. The highest BCUT2D eigenvalue weighted by atomic mass is 16.5. The molecule has 0 unspecified atom stereocenters. The molecule has 1 aliphatic heterocycles. The normalized spacial score (nSPS) is 16.9. The van der Waals surface area contributed by atoms with Gasteiger partial charge in [-0.2, -0.15) is 0 Å². The molecule has 0 N–H and O–H groups in total. The summed E-state index contributed by atoms with van der Waals surface area (Å²) in [5, 5.41) is 0. The van der Waals surface area contributed by atoms with Crippen LogP contribution in [-0.2, 0) is 16.0 Å². The zero-order valence-corrected chi connectivity index (χ0v) is 14.1. The zero-order valence-electron chi connectivity index (χ0n) is 14.1. The lowest BCUT2D eigenvalue weighted by molar-refractivity contribution is -0.126. The number of hydrogen-bond acceptors (Lipinski definition) is 4. The Morgan fingerprint density at radius 1 is 1.16 bits per heavy atom. The average molecular weight is 337 g/mol. The second kappa shape index (κ2) is 6.89. The van der Waals surface area contributed by atoms with Crippen molar-refractivity contribution in [3.8, 4) is 0 Å². The summed E-state index contributed by atoms with van der Waals surface area (Å²) in [6.45, 7) is 3.55. The number of rotatable bonds is 4. The van der Waals surface area contributed by atoms with Crippen LogP contribution in [0.3, 0.4) is 0 Å². The molecule has 0 aliphatic carbocycles. The molecule has 2 aromatic carbocycles. The minimum absolute atomic E-state index is 0.0259. The van der Waals surface area contributed by atoms with Crippen LogP contribution in [0.2, 0.25) is 0 Å². The quantitative estimate of drug-likeness (QED) is 0.635. The summed E-state index contributed by atoms with van der Waals surface area (Å²) in [7, 11) is 0. The maximum absolute atomic E-state index is 12.8. The molecular formula is C20H19NO4. The molecule has 2 atom stereocenters. The van der Waals surface area contributed by atoms with Crippen molar-refractivity contribution in [2.24, 2.45) is 0 Å². The van der Waals surface area contributed by atoms with Gasteiger partial charge in [-0.3, -0.25) is 9.59 Å². The van der Waals surface area contributed by atoms with E-state index in [1.54, 1.807) is 11.8 Å². The van der Waals surface area contributed by atoms with Gasteiger partial charge in [0.25, 0.3) is 5.91 Å². The van der Waals surface area contributed by atoms with Crippen molar-refractivity contribution in [3.63, 3.8) is 0 Å². The van der Waals surface area contributed by atoms with Crippen LogP contribution in [0.4, 0.5) is 5.69 Å². The Kier molecular flexibility index (Phi) is 4.65. The predicted molar refractivity (Wildman–Crippen MR) is 93.8 cm³/mol. The van der Waals surface area contributed by atoms with E-state index in [2.05, 4.69) is 0 Å². The first-order valence-electron chi connectivity index (χ1n) is 8.18. The topological polar surface area (TPSA) is 63.7 Å². The average Bonchev–Trinajstić information content (AvgIpc) is 2.96. The second-order valence-electron chi connectivity index (χ2n) is 6.18. The maximum atomic E-state index is 12.8. The Morgan fingerprint density at radius 2 is 1.84 bits per heavy atom. The van der Waals surface area contributed by atoms with Crippen LogP contribution in [0, 0.1) is 0 Å². The van der Waals surface area contributed by atoms with Crippen molar-refractivity contribution in [2.75, 3.05) is 4.90 Å². The molecule has 5 heteroatoms. The largest absolute Gasteiger partial charge is 0.449 e. The van der Waals surface area contributed by atoms with Gasteiger partial charge in [-0.05, 0) is 44.0 Å². The summed E-state index contributed by atoms with van der Waals surface area (Å²) < 4.78 is 5.33. The zero-order chi connectivity index (χ0) is 18.0. The Morgan fingerprint density at radius 3 is 2.52 bits per heavy atom. The summed E-state index contributed by atoms with van der Waals surface area (Å²) in [6, 6.07) is 13.9. The van der Waals surface area contributed by atoms with E-state index in [0.29, 0.717) is 17.4 Å². The highest BCUT2D eigenvalue weighted by Gasteiger charge is 2.34. The molecule has 0 radical (unpaired) electrons. The predicted octanol–water partition coefficient (Wildman–Crippen LogP) is 3.02. The van der Waals surface area contributed by atoms with Gasteiger partial charge in [0.15, 0.2) is 6.10 Å². The van der Waals surface area contributed by atoms with Gasteiger partial charge in [0.05, 0.1) is 5.56 Å². The van der Waals surface area contributed by atoms with Gasteiger partial charge in [0, 0.05) is 17.3 Å². The first-order valence-corrected chi connectivity index (χ1v) is 8.18. The summed E-state index contributed by atoms with van der Waals surface area (Å²) in [6.07, 6.45) is 0.593. The fourth-order valence-electron chi connectivity index (χ4n) is 3.07. The molecule has 0 saturated heterocycles. The Labute approximate surface area is 146 Å². The summed E-state index contributed by atoms with van der Waals surface area (Å²) >= 11 is 0. The van der Waals surface area contributed by atoms with Crippen LogP contribution < -0.4 is 4.90 Å². The fraction of sp³-hybridized carbons (Fsp3) is 0.250. The number of carbonyl (C=O) groups excluding carboxylic acids is 3. The summed E-state index contributed by atoms with van der Waals surface area (Å²) in [5.74, 6) is -0.825. The lowest BCUT2D eigenvalue weighted by Gasteiger charge is -2.25. The number of fused-ring (bicyclic) bond motifs is 1. The molecule has 128 valence electrons. The molecule has 0 aromatic heterocycles. The fourth-order valence-corrected chi connectivity index (χ4v) is 3.07. The Bertz CT molecular complexity index is 813. The minimum atomic E-state index is -0.896. The molecule has 3 rings (SSSR count). The van der Waals surface area contributed by atoms with Gasteiger partial charge in [-0.1, -0.05) is 30.3 Å². The standard InChI is InChI=1S/C20H19NO4/c1-13-11-17-5-3-4-6-18(17)21(13)19(23)14(2)25-20(24)16-9-7-15(12-22)8-10-16/h3-10,12-14H,11H2,1-2H3/t13-,14-/m0/s1. The number of benzene rings is 2. The SMILES string of the molecule is C[C@H](OC(=O)c1ccc(C=O)cc1)C(=O)N1c2ccccc2C[C@@H]1C. The van der Waals surface area contributed by atoms with E-state index in [-0.39, 0.29) is 11.9 Å². The van der Waals surface area contributed by atoms with Crippen LogP contribution >= 0.6 is 0 Å². The van der Waals surface area contributed by atoms with Gasteiger partial charge < -0.3 is 9.64 Å². The smallest absolute Gasteiger partial charge is 0.338 e. The second-order valence-corrected chi connectivity index (χ2v) is 6.18. The monoisotopic (exact) mass is 337 g/mol. The van der Waals surface area contributed by atoms with Gasteiger partial charge in [-0.25, -0.2) is 4.79 Å². The van der Waals surface area contributed by atoms with Gasteiger partial charge in [-0.15, -0.1) is 0 Å². The van der Waals surface area contributed by atoms with Gasteiger partial charge in [0.1, 0.15) is 6.29 Å². The van der Waals surface area contributed by atoms with E-state index in [4.69, 9.17) is 4.74 Å². The third-order valence-corrected chi connectivity index (χ3v) is 4.36. The van der Waals surface area contributed by atoms with E-state index in [1.165, 1.54) is 24.3 Å². The number of para-hydroxylation sites is 1. The Hall–Kier alpha value is -2.95. The van der Waals surface area contributed by atoms with E-state index >= 15 is 0 Å². The molecule has 0 bridgehead atoms. The molecule has 1 heterocycles. The summed E-state index contributed by atoms with van der Waals surface area (Å²) in [4.78, 5) is 37.4. The summed E-state index contributed by atoms with van der Waals surface area (Å²) in [5.41, 5.74) is 2.77. The van der Waals surface area contributed by atoms with Crippen molar-refractivity contribution in [2.45, 2.75) is 32.4 Å². The number of hydrogen-bond donors (Lipinski definition) is 0. The van der Waals surface area contributed by atoms with Crippen molar-refractivity contribution in [3.05, 3.63) is 65.2 Å². The highest BCUT2D eigenvalue weighted by molar-refractivity contribution is 6.01. The minimum Gasteiger partial charge on any atom is -0.449 e. The number of anilines is 1. The maximum Gasteiger partial charge on any atom is 0.338 e. The lowest BCUT2D eigenvalue weighted by Crippen LogP contribution is -2.43. The van der Waals surface area contributed by atoms with Crippen LogP contribution in [0.5, 0.6) is 0 Å². The molecule has 1 aliphatic rings. The van der Waals surface area contributed by atoms with Crippen molar-refractivity contribution in [1.29, 1.82) is 0 Å². The molecule has 1 amide bonds. The number of aldehydes is 1. The Balaban J connectivity index is 1.72. The molecule has 25 heavy (non-hydrogen) atoms. The first kappa shape index (κ1) is 16.9. The number of nitrogens with zero attached hydrogens (tertiary/aromatic N) is 1. The molecule has 0 saturated carbocycles. The third kappa shape index (κ3) is 3.31.